The van der Waals surface area contributed by atoms with Gasteiger partial charge in [0, 0.05) is 24.6 Å². The van der Waals surface area contributed by atoms with Gasteiger partial charge in [0.25, 0.3) is 0 Å². The third-order valence-corrected chi connectivity index (χ3v) is 3.76. The van der Waals surface area contributed by atoms with E-state index in [1.165, 1.54) is 25.7 Å². The van der Waals surface area contributed by atoms with Gasteiger partial charge in [-0.3, -0.25) is 0 Å². The van der Waals surface area contributed by atoms with E-state index in [2.05, 4.69) is 36.5 Å². The molecule has 0 aromatic carbocycles. The van der Waals surface area contributed by atoms with E-state index in [1.807, 2.05) is 0 Å². The third kappa shape index (κ3) is 3.68. The zero-order valence-corrected chi connectivity index (χ0v) is 11.0. The van der Waals surface area contributed by atoms with Gasteiger partial charge in [0.05, 0.1) is 6.61 Å². The van der Waals surface area contributed by atoms with Crippen molar-refractivity contribution in [3.8, 4) is 0 Å². The number of nitrogens with one attached hydrogen (secondary N) is 1. The maximum atomic E-state index is 5.74. The summed E-state index contributed by atoms with van der Waals surface area (Å²) in [5.41, 5.74) is 0.109. The molecule has 0 atom stereocenters. The van der Waals surface area contributed by atoms with Gasteiger partial charge in [-0.25, -0.2) is 0 Å². The Balaban J connectivity index is 1.79. The molecule has 0 spiro atoms. The Kier molecular flexibility index (Phi) is 4.81. The molecule has 2 rings (SSSR count). The number of hydrogen-bond acceptors (Lipinski definition) is 2. The van der Waals surface area contributed by atoms with Crippen molar-refractivity contribution in [2.75, 3.05) is 19.8 Å². The molecular weight excluding hydrogens is 210 g/mol. The second kappa shape index (κ2) is 6.36. The van der Waals surface area contributed by atoms with Crippen molar-refractivity contribution in [2.45, 2.75) is 45.1 Å². The number of hydrogen-bond donors (Lipinski definition) is 1. The van der Waals surface area contributed by atoms with Crippen LogP contribution < -0.4 is 5.32 Å². The molecule has 1 saturated carbocycles. The Morgan fingerprint density at radius 3 is 2.59 bits per heavy atom. The number of allylic oxidation sites excluding steroid dienone is 2. The van der Waals surface area contributed by atoms with E-state index in [0.29, 0.717) is 0 Å². The highest BCUT2D eigenvalue weighted by atomic mass is 16.5. The van der Waals surface area contributed by atoms with Crippen LogP contribution in [0.5, 0.6) is 0 Å². The molecule has 2 heteroatoms. The Bertz CT molecular complexity index is 265. The van der Waals surface area contributed by atoms with E-state index < -0.39 is 0 Å². The molecule has 0 aliphatic heterocycles. The molecule has 96 valence electrons. The van der Waals surface area contributed by atoms with Gasteiger partial charge in [0.15, 0.2) is 0 Å². The summed E-state index contributed by atoms with van der Waals surface area (Å²) >= 11 is 0. The molecule has 0 saturated heterocycles. The smallest absolute Gasteiger partial charge is 0.0604 e. The zero-order valence-electron chi connectivity index (χ0n) is 11.0. The van der Waals surface area contributed by atoms with Crippen LogP contribution in [0.4, 0.5) is 0 Å². The molecule has 0 aromatic rings. The summed E-state index contributed by atoms with van der Waals surface area (Å²) in [5, 5.41) is 3.71. The maximum Gasteiger partial charge on any atom is 0.0604 e. The van der Waals surface area contributed by atoms with Crippen molar-refractivity contribution in [1.82, 2.24) is 5.32 Å². The SMILES string of the molecule is CCCOCC1(CNC2CCCC2)C=CC=C1. The lowest BCUT2D eigenvalue weighted by Crippen LogP contribution is -2.39. The number of rotatable bonds is 7. The van der Waals surface area contributed by atoms with Gasteiger partial charge in [-0.05, 0) is 19.3 Å². The van der Waals surface area contributed by atoms with Crippen LogP contribution in [-0.4, -0.2) is 25.8 Å². The molecule has 1 fully saturated rings. The van der Waals surface area contributed by atoms with Gasteiger partial charge in [-0.2, -0.15) is 0 Å². The minimum absolute atomic E-state index is 0.109. The predicted octanol–water partition coefficient (Wildman–Crippen LogP) is 3.06. The van der Waals surface area contributed by atoms with Gasteiger partial charge in [0.1, 0.15) is 0 Å². The molecule has 0 amide bonds. The molecule has 0 bridgehead atoms. The van der Waals surface area contributed by atoms with Crippen LogP contribution in [0.1, 0.15) is 39.0 Å². The summed E-state index contributed by atoms with van der Waals surface area (Å²) in [6.45, 7) is 4.86. The van der Waals surface area contributed by atoms with E-state index in [0.717, 1.165) is 32.2 Å². The minimum atomic E-state index is 0.109. The predicted molar refractivity (Wildman–Crippen MR) is 72.1 cm³/mol. The summed E-state index contributed by atoms with van der Waals surface area (Å²) in [5.74, 6) is 0. The molecule has 1 N–H and O–H groups in total. The van der Waals surface area contributed by atoms with Crippen LogP contribution in [0.3, 0.4) is 0 Å². The third-order valence-electron chi connectivity index (χ3n) is 3.76. The highest BCUT2D eigenvalue weighted by Gasteiger charge is 2.28. The monoisotopic (exact) mass is 235 g/mol. The fourth-order valence-corrected chi connectivity index (χ4v) is 2.69. The van der Waals surface area contributed by atoms with Crippen molar-refractivity contribution >= 4 is 0 Å². The lowest BCUT2D eigenvalue weighted by atomic mass is 9.90. The number of ether oxygens (including phenoxy) is 1. The highest BCUT2D eigenvalue weighted by molar-refractivity contribution is 5.26. The summed E-state index contributed by atoms with van der Waals surface area (Å²) in [6.07, 6.45) is 15.4. The molecule has 2 aliphatic rings. The van der Waals surface area contributed by atoms with Crippen molar-refractivity contribution in [3.63, 3.8) is 0 Å². The van der Waals surface area contributed by atoms with Crippen LogP contribution in [-0.2, 0) is 4.74 Å². The first-order valence-corrected chi connectivity index (χ1v) is 7.03. The summed E-state index contributed by atoms with van der Waals surface area (Å²) in [7, 11) is 0. The van der Waals surface area contributed by atoms with Crippen molar-refractivity contribution in [1.29, 1.82) is 0 Å². The largest absolute Gasteiger partial charge is 0.380 e. The van der Waals surface area contributed by atoms with Crippen molar-refractivity contribution < 1.29 is 4.74 Å². The summed E-state index contributed by atoms with van der Waals surface area (Å²) < 4.78 is 5.74. The average Bonchev–Trinajstić information content (AvgIpc) is 2.99. The zero-order chi connectivity index (χ0) is 12.0. The first-order chi connectivity index (χ1) is 8.35. The molecule has 2 nitrogen and oxygen atoms in total. The first kappa shape index (κ1) is 12.8. The summed E-state index contributed by atoms with van der Waals surface area (Å²) in [6, 6.07) is 0.737. The van der Waals surface area contributed by atoms with E-state index in [-0.39, 0.29) is 5.41 Å². The second-order valence-electron chi connectivity index (χ2n) is 5.37. The molecule has 0 aromatic heterocycles. The molecule has 0 unspecified atom stereocenters. The molecule has 2 aliphatic carbocycles. The van der Waals surface area contributed by atoms with Crippen molar-refractivity contribution in [3.05, 3.63) is 24.3 Å². The van der Waals surface area contributed by atoms with Crippen LogP contribution in [0.15, 0.2) is 24.3 Å². The quantitative estimate of drug-likeness (QED) is 0.685. The topological polar surface area (TPSA) is 21.3 Å². The molecule has 0 heterocycles. The van der Waals surface area contributed by atoms with Gasteiger partial charge in [0.2, 0.25) is 0 Å². The van der Waals surface area contributed by atoms with Gasteiger partial charge in [-0.1, -0.05) is 44.1 Å². The maximum absolute atomic E-state index is 5.74. The highest BCUT2D eigenvalue weighted by Crippen LogP contribution is 2.27. The minimum Gasteiger partial charge on any atom is -0.380 e. The lowest BCUT2D eigenvalue weighted by Gasteiger charge is -2.27. The Hall–Kier alpha value is -0.600. The van der Waals surface area contributed by atoms with Gasteiger partial charge < -0.3 is 10.1 Å². The Labute approximate surface area is 105 Å². The molecule has 0 radical (unpaired) electrons. The normalized spacial score (nSPS) is 22.6. The molecular formula is C15H25NO. The van der Waals surface area contributed by atoms with Crippen molar-refractivity contribution in [2.24, 2.45) is 5.41 Å². The van der Waals surface area contributed by atoms with Gasteiger partial charge in [-0.15, -0.1) is 0 Å². The van der Waals surface area contributed by atoms with Gasteiger partial charge >= 0.3 is 0 Å². The van der Waals surface area contributed by atoms with Crippen LogP contribution in [0.2, 0.25) is 0 Å². The van der Waals surface area contributed by atoms with E-state index in [4.69, 9.17) is 4.74 Å². The standard InChI is InChI=1S/C15H25NO/c1-2-11-17-13-15(9-5-6-10-15)12-16-14-7-3-4-8-14/h5-6,9-10,14,16H,2-4,7-8,11-13H2,1H3. The van der Waals surface area contributed by atoms with E-state index in [1.54, 1.807) is 0 Å². The Morgan fingerprint density at radius 1 is 1.24 bits per heavy atom. The van der Waals surface area contributed by atoms with Crippen LogP contribution in [0, 0.1) is 5.41 Å². The van der Waals surface area contributed by atoms with E-state index >= 15 is 0 Å². The first-order valence-electron chi connectivity index (χ1n) is 7.03. The van der Waals surface area contributed by atoms with Crippen LogP contribution >= 0.6 is 0 Å². The fraction of sp³-hybridized carbons (Fsp3) is 0.733. The average molecular weight is 235 g/mol. The Morgan fingerprint density at radius 2 is 1.94 bits per heavy atom. The lowest BCUT2D eigenvalue weighted by molar-refractivity contribution is 0.0873. The fourth-order valence-electron chi connectivity index (χ4n) is 2.69. The molecule has 17 heavy (non-hydrogen) atoms. The summed E-state index contributed by atoms with van der Waals surface area (Å²) in [4.78, 5) is 0. The van der Waals surface area contributed by atoms with E-state index in [9.17, 15) is 0 Å². The second-order valence-corrected chi connectivity index (χ2v) is 5.37. The van der Waals surface area contributed by atoms with Crippen LogP contribution in [0.25, 0.3) is 0 Å².